The van der Waals surface area contributed by atoms with Crippen molar-refractivity contribution in [3.8, 4) is 0 Å². The first kappa shape index (κ1) is 14.8. The standard InChI is InChI=1S/C12H23F3N2/c1-3-11(4-2)10-17(9-7-16-11)8-5-6-12(13,14)15/h16H,3-10H2,1-2H3. The van der Waals surface area contributed by atoms with Gasteiger partial charge in [-0.1, -0.05) is 13.8 Å². The molecule has 0 saturated carbocycles. The number of nitrogens with one attached hydrogen (secondary N) is 1. The third-order valence-corrected chi connectivity index (χ3v) is 3.74. The molecule has 1 saturated heterocycles. The molecular weight excluding hydrogens is 229 g/mol. The minimum Gasteiger partial charge on any atom is -0.309 e. The molecular formula is C12H23F3N2. The van der Waals surface area contributed by atoms with Crippen LogP contribution in [0.5, 0.6) is 0 Å². The summed E-state index contributed by atoms with van der Waals surface area (Å²) in [5.74, 6) is 0. The Bertz CT molecular complexity index is 224. The fourth-order valence-corrected chi connectivity index (χ4v) is 2.46. The summed E-state index contributed by atoms with van der Waals surface area (Å²) >= 11 is 0. The number of piperazine rings is 1. The number of alkyl halides is 3. The van der Waals surface area contributed by atoms with Crippen LogP contribution in [0.4, 0.5) is 13.2 Å². The lowest BCUT2D eigenvalue weighted by atomic mass is 9.90. The van der Waals surface area contributed by atoms with Gasteiger partial charge in [-0.3, -0.25) is 0 Å². The molecule has 0 aromatic heterocycles. The molecule has 0 aliphatic carbocycles. The van der Waals surface area contributed by atoms with Gasteiger partial charge in [-0.15, -0.1) is 0 Å². The topological polar surface area (TPSA) is 15.3 Å². The molecule has 0 atom stereocenters. The molecule has 102 valence electrons. The first-order chi connectivity index (χ1) is 7.91. The van der Waals surface area contributed by atoms with E-state index in [-0.39, 0.29) is 12.0 Å². The van der Waals surface area contributed by atoms with Crippen molar-refractivity contribution in [3.63, 3.8) is 0 Å². The quantitative estimate of drug-likeness (QED) is 0.809. The van der Waals surface area contributed by atoms with Crippen LogP contribution in [0, 0.1) is 0 Å². The Labute approximate surface area is 102 Å². The van der Waals surface area contributed by atoms with Gasteiger partial charge >= 0.3 is 6.18 Å². The van der Waals surface area contributed by atoms with Crippen molar-refractivity contribution in [1.29, 1.82) is 0 Å². The van der Waals surface area contributed by atoms with E-state index in [4.69, 9.17) is 0 Å². The van der Waals surface area contributed by atoms with Gasteiger partial charge in [0, 0.05) is 31.6 Å². The van der Waals surface area contributed by atoms with Gasteiger partial charge in [-0.2, -0.15) is 13.2 Å². The van der Waals surface area contributed by atoms with E-state index in [1.54, 1.807) is 0 Å². The van der Waals surface area contributed by atoms with Gasteiger partial charge in [0.25, 0.3) is 0 Å². The van der Waals surface area contributed by atoms with Gasteiger partial charge in [0.05, 0.1) is 0 Å². The zero-order chi connectivity index (χ0) is 12.9. The molecule has 2 nitrogen and oxygen atoms in total. The van der Waals surface area contributed by atoms with E-state index in [1.807, 2.05) is 0 Å². The van der Waals surface area contributed by atoms with Crippen molar-refractivity contribution in [2.45, 2.75) is 51.2 Å². The number of halogens is 3. The van der Waals surface area contributed by atoms with Crippen LogP contribution < -0.4 is 5.32 Å². The highest BCUT2D eigenvalue weighted by molar-refractivity contribution is 4.92. The van der Waals surface area contributed by atoms with E-state index in [0.29, 0.717) is 6.54 Å². The molecule has 1 aliphatic heterocycles. The maximum atomic E-state index is 12.1. The Morgan fingerprint density at radius 3 is 2.41 bits per heavy atom. The van der Waals surface area contributed by atoms with Gasteiger partial charge in [0.15, 0.2) is 0 Å². The first-order valence-corrected chi connectivity index (χ1v) is 6.45. The smallest absolute Gasteiger partial charge is 0.309 e. The fraction of sp³-hybridized carbons (Fsp3) is 1.00. The fourth-order valence-electron chi connectivity index (χ4n) is 2.46. The maximum absolute atomic E-state index is 12.1. The molecule has 0 spiro atoms. The molecule has 5 heteroatoms. The molecule has 0 unspecified atom stereocenters. The Balaban J connectivity index is 2.35. The van der Waals surface area contributed by atoms with Crippen LogP contribution in [0.1, 0.15) is 39.5 Å². The van der Waals surface area contributed by atoms with E-state index >= 15 is 0 Å². The molecule has 0 bridgehead atoms. The normalized spacial score (nSPS) is 21.7. The van der Waals surface area contributed by atoms with E-state index in [1.165, 1.54) is 0 Å². The van der Waals surface area contributed by atoms with Crippen LogP contribution in [0.2, 0.25) is 0 Å². The zero-order valence-corrected chi connectivity index (χ0v) is 10.7. The van der Waals surface area contributed by atoms with Crippen molar-refractivity contribution in [3.05, 3.63) is 0 Å². The van der Waals surface area contributed by atoms with Crippen LogP contribution >= 0.6 is 0 Å². The highest BCUT2D eigenvalue weighted by Crippen LogP contribution is 2.23. The Kier molecular flexibility index (Phi) is 5.25. The molecule has 17 heavy (non-hydrogen) atoms. The summed E-state index contributed by atoms with van der Waals surface area (Å²) in [7, 11) is 0. The SMILES string of the molecule is CCC1(CC)CN(CCCC(F)(F)F)CCN1. The van der Waals surface area contributed by atoms with Gasteiger partial charge in [-0.25, -0.2) is 0 Å². The number of hydrogen-bond donors (Lipinski definition) is 1. The molecule has 0 radical (unpaired) electrons. The Hall–Kier alpha value is -0.290. The largest absolute Gasteiger partial charge is 0.389 e. The molecule has 0 aromatic carbocycles. The summed E-state index contributed by atoms with van der Waals surface area (Å²) in [6.45, 7) is 7.44. The minimum absolute atomic E-state index is 0.108. The number of rotatable bonds is 5. The lowest BCUT2D eigenvalue weighted by Gasteiger charge is -2.43. The summed E-state index contributed by atoms with van der Waals surface area (Å²) in [6, 6.07) is 0. The first-order valence-electron chi connectivity index (χ1n) is 6.45. The highest BCUT2D eigenvalue weighted by atomic mass is 19.4. The van der Waals surface area contributed by atoms with Crippen molar-refractivity contribution in [1.82, 2.24) is 10.2 Å². The molecule has 0 aromatic rings. The van der Waals surface area contributed by atoms with Crippen LogP contribution in [-0.4, -0.2) is 42.8 Å². The predicted molar refractivity (Wildman–Crippen MR) is 63.0 cm³/mol. The molecule has 1 N–H and O–H groups in total. The summed E-state index contributed by atoms with van der Waals surface area (Å²) in [5, 5.41) is 3.50. The predicted octanol–water partition coefficient (Wildman–Crippen LogP) is 2.79. The highest BCUT2D eigenvalue weighted by Gasteiger charge is 2.32. The number of hydrogen-bond acceptors (Lipinski definition) is 2. The van der Waals surface area contributed by atoms with Gasteiger partial charge < -0.3 is 10.2 Å². The van der Waals surface area contributed by atoms with E-state index in [9.17, 15) is 13.2 Å². The second-order valence-electron chi connectivity index (χ2n) is 4.91. The molecule has 1 rings (SSSR count). The minimum atomic E-state index is -4.01. The molecule has 1 heterocycles. The van der Waals surface area contributed by atoms with Crippen molar-refractivity contribution >= 4 is 0 Å². The molecule has 0 amide bonds. The van der Waals surface area contributed by atoms with Gasteiger partial charge in [0.2, 0.25) is 0 Å². The van der Waals surface area contributed by atoms with E-state index in [0.717, 1.165) is 32.5 Å². The van der Waals surface area contributed by atoms with Crippen LogP contribution in [0.15, 0.2) is 0 Å². The monoisotopic (exact) mass is 252 g/mol. The van der Waals surface area contributed by atoms with Gasteiger partial charge in [-0.05, 0) is 25.8 Å². The van der Waals surface area contributed by atoms with E-state index in [2.05, 4.69) is 24.1 Å². The molecule has 1 aliphatic rings. The van der Waals surface area contributed by atoms with Crippen LogP contribution in [0.25, 0.3) is 0 Å². The average Bonchev–Trinajstić information content (AvgIpc) is 2.27. The second-order valence-corrected chi connectivity index (χ2v) is 4.91. The summed E-state index contributed by atoms with van der Waals surface area (Å²) < 4.78 is 36.2. The summed E-state index contributed by atoms with van der Waals surface area (Å²) in [6.07, 6.45) is -2.41. The average molecular weight is 252 g/mol. The van der Waals surface area contributed by atoms with Gasteiger partial charge in [0.1, 0.15) is 0 Å². The van der Waals surface area contributed by atoms with Crippen molar-refractivity contribution in [2.24, 2.45) is 0 Å². The van der Waals surface area contributed by atoms with Crippen molar-refractivity contribution in [2.75, 3.05) is 26.2 Å². The summed E-state index contributed by atoms with van der Waals surface area (Å²) in [5.41, 5.74) is 0.108. The van der Waals surface area contributed by atoms with Crippen LogP contribution in [0.3, 0.4) is 0 Å². The lowest BCUT2D eigenvalue weighted by molar-refractivity contribution is -0.136. The molecule has 1 fully saturated rings. The second kappa shape index (κ2) is 6.05. The maximum Gasteiger partial charge on any atom is 0.389 e. The van der Waals surface area contributed by atoms with Crippen molar-refractivity contribution < 1.29 is 13.2 Å². The Morgan fingerprint density at radius 1 is 1.24 bits per heavy atom. The van der Waals surface area contributed by atoms with Crippen LogP contribution in [-0.2, 0) is 0 Å². The third kappa shape index (κ3) is 4.84. The Morgan fingerprint density at radius 2 is 1.88 bits per heavy atom. The lowest BCUT2D eigenvalue weighted by Crippen LogP contribution is -2.59. The number of nitrogens with zero attached hydrogens (tertiary/aromatic N) is 1. The van der Waals surface area contributed by atoms with E-state index < -0.39 is 12.6 Å². The third-order valence-electron chi connectivity index (χ3n) is 3.74. The zero-order valence-electron chi connectivity index (χ0n) is 10.7. The summed E-state index contributed by atoms with van der Waals surface area (Å²) in [4.78, 5) is 2.16.